The van der Waals surface area contributed by atoms with Crippen LogP contribution in [-0.2, 0) is 0 Å². The fourth-order valence-electron chi connectivity index (χ4n) is 0.717. The summed E-state index contributed by atoms with van der Waals surface area (Å²) < 4.78 is 0. The largest absolute Gasteiger partial charge is 0.632 e. The molecule has 0 atom stereocenters. The van der Waals surface area contributed by atoms with Gasteiger partial charge in [-0.25, -0.2) is 9.79 Å². The monoisotopic (exact) mass is 219 g/mol. The molecule has 1 aromatic heterocycles. The fraction of sp³-hybridized carbons (Fsp3) is 0.286. The van der Waals surface area contributed by atoms with E-state index in [0.717, 1.165) is 4.90 Å². The maximum absolute atomic E-state index is 10.5. The molecule has 0 aliphatic rings. The van der Waals surface area contributed by atoms with Gasteiger partial charge in [-0.1, -0.05) is 0 Å². The van der Waals surface area contributed by atoms with E-state index in [1.165, 1.54) is 11.8 Å². The second-order valence-corrected chi connectivity index (χ2v) is 5.36. The molecule has 1 aromatic rings. The third-order valence-corrected chi connectivity index (χ3v) is 3.42. The summed E-state index contributed by atoms with van der Waals surface area (Å²) in [5, 5.41) is 0. The molecular formula is C7H10NO3PS. The van der Waals surface area contributed by atoms with Crippen LogP contribution >= 0.6 is 19.7 Å². The molecule has 2 N–H and O–H groups in total. The molecule has 0 unspecified atom stereocenters. The number of rotatable bonds is 4. The molecule has 0 aliphatic heterocycles. The van der Waals surface area contributed by atoms with Gasteiger partial charge in [0.05, 0.1) is 0 Å². The normalized spacial score (nSPS) is 11.6. The Morgan fingerprint density at radius 2 is 2.00 bits per heavy atom. The smallest absolute Gasteiger partial charge is 0.231 e. The lowest BCUT2D eigenvalue weighted by atomic mass is 10.5. The molecule has 0 bridgehead atoms. The van der Waals surface area contributed by atoms with Gasteiger partial charge in [0.1, 0.15) is 6.16 Å². The minimum atomic E-state index is -3.84. The van der Waals surface area contributed by atoms with Gasteiger partial charge in [-0.3, -0.25) is 4.98 Å². The summed E-state index contributed by atoms with van der Waals surface area (Å²) in [6.07, 6.45) is 3.22. The van der Waals surface area contributed by atoms with Gasteiger partial charge in [-0.2, -0.15) is 0 Å². The topological polar surface area (TPSA) is 76.4 Å². The molecule has 1 heterocycles. The van der Waals surface area contributed by atoms with Gasteiger partial charge < -0.3 is 4.89 Å². The minimum absolute atomic E-state index is 0.0833. The molecule has 4 nitrogen and oxygen atoms in total. The number of thioether (sulfide) groups is 1. The van der Waals surface area contributed by atoms with Crippen LogP contribution < -0.4 is 4.89 Å². The van der Waals surface area contributed by atoms with E-state index in [4.69, 9.17) is 9.79 Å². The first kappa shape index (κ1) is 10.9. The van der Waals surface area contributed by atoms with Crippen LogP contribution in [0.2, 0.25) is 0 Å². The highest BCUT2D eigenvalue weighted by Crippen LogP contribution is 2.39. The summed E-state index contributed by atoms with van der Waals surface area (Å²) in [7, 11) is -3.84. The molecule has 13 heavy (non-hydrogen) atoms. The summed E-state index contributed by atoms with van der Waals surface area (Å²) in [6, 6.07) is 3.62. The summed E-state index contributed by atoms with van der Waals surface area (Å²) in [5.41, 5.74) is 0. The lowest BCUT2D eigenvalue weighted by molar-refractivity contribution is -0.207. The van der Waals surface area contributed by atoms with Gasteiger partial charge in [-0.05, 0) is 12.1 Å². The van der Waals surface area contributed by atoms with Crippen molar-refractivity contribution in [3.63, 3.8) is 0 Å². The minimum Gasteiger partial charge on any atom is -0.632 e. The molecule has 6 heteroatoms. The molecule has 1 rings (SSSR count). The zero-order valence-electron chi connectivity index (χ0n) is 6.83. The van der Waals surface area contributed by atoms with Gasteiger partial charge >= 0.3 is 0 Å². The number of aromatic nitrogens is 1. The van der Waals surface area contributed by atoms with E-state index in [1.807, 2.05) is 12.1 Å². The van der Waals surface area contributed by atoms with Crippen LogP contribution in [0.3, 0.4) is 0 Å². The summed E-state index contributed by atoms with van der Waals surface area (Å²) >= 11 is 1.42. The van der Waals surface area contributed by atoms with Crippen molar-refractivity contribution in [2.75, 3.05) is 11.9 Å². The van der Waals surface area contributed by atoms with Gasteiger partial charge in [0.2, 0.25) is 7.94 Å². The van der Waals surface area contributed by atoms with Crippen LogP contribution in [0, 0.1) is 0 Å². The molecule has 0 spiro atoms. The highest BCUT2D eigenvalue weighted by molar-refractivity contribution is 7.99. The third-order valence-electron chi connectivity index (χ3n) is 1.30. The summed E-state index contributed by atoms with van der Waals surface area (Å²) in [5.74, 6) is 0.425. The molecular weight excluding hydrogens is 209 g/mol. The second-order valence-electron chi connectivity index (χ2n) is 2.42. The van der Waals surface area contributed by atoms with Crippen molar-refractivity contribution in [2.24, 2.45) is 0 Å². The van der Waals surface area contributed by atoms with E-state index in [1.54, 1.807) is 12.4 Å². The first-order chi connectivity index (χ1) is 6.08. The maximum atomic E-state index is 10.5. The van der Waals surface area contributed by atoms with E-state index >= 15 is 0 Å². The lowest BCUT2D eigenvalue weighted by Gasteiger charge is -2.13. The van der Waals surface area contributed by atoms with E-state index in [-0.39, 0.29) is 6.16 Å². The van der Waals surface area contributed by atoms with Gasteiger partial charge in [0, 0.05) is 23.0 Å². The first-order valence-corrected chi connectivity index (χ1v) is 6.44. The van der Waals surface area contributed by atoms with Crippen molar-refractivity contribution in [1.29, 1.82) is 0 Å². The summed E-state index contributed by atoms with van der Waals surface area (Å²) in [4.78, 5) is 32.5. The number of hydrogen-bond acceptors (Lipinski definition) is 5. The Morgan fingerprint density at radius 3 is 2.54 bits per heavy atom. The predicted molar refractivity (Wildman–Crippen MR) is 51.2 cm³/mol. The molecule has 0 fully saturated rings. The van der Waals surface area contributed by atoms with Crippen LogP contribution in [0.5, 0.6) is 0 Å². The van der Waals surface area contributed by atoms with Crippen LogP contribution in [0.25, 0.3) is 0 Å². The zero-order chi connectivity index (χ0) is 9.73. The van der Waals surface area contributed by atoms with Gasteiger partial charge in [-0.15, -0.1) is 11.8 Å². The average molecular weight is 219 g/mol. The van der Waals surface area contributed by atoms with Crippen molar-refractivity contribution < 1.29 is 14.7 Å². The Bertz CT molecular complexity index is 252. The summed E-state index contributed by atoms with van der Waals surface area (Å²) in [6.45, 7) is 0. The van der Waals surface area contributed by atoms with Crippen molar-refractivity contribution in [3.05, 3.63) is 24.5 Å². The van der Waals surface area contributed by atoms with Crippen LogP contribution in [0.15, 0.2) is 29.4 Å². The molecule has 72 valence electrons. The molecule has 0 radical (unpaired) electrons. The molecule has 0 saturated carbocycles. The number of nitrogens with zero attached hydrogens (tertiary/aromatic N) is 1. The van der Waals surface area contributed by atoms with Crippen molar-refractivity contribution >= 4 is 19.7 Å². The number of pyridine rings is 1. The lowest BCUT2D eigenvalue weighted by Crippen LogP contribution is -2.12. The SMILES string of the molecule is [O-][P+](O)(O)CCSc1ccncc1. The Hall–Kier alpha value is -0.190. The van der Waals surface area contributed by atoms with E-state index in [2.05, 4.69) is 4.98 Å². The Morgan fingerprint density at radius 1 is 1.38 bits per heavy atom. The third kappa shape index (κ3) is 5.18. The van der Waals surface area contributed by atoms with E-state index in [0.29, 0.717) is 5.75 Å². The molecule has 0 aromatic carbocycles. The second kappa shape index (κ2) is 4.88. The number of hydrogen-bond donors (Lipinski definition) is 2. The molecule has 0 amide bonds. The van der Waals surface area contributed by atoms with Gasteiger partial charge in [0.25, 0.3) is 0 Å². The Balaban J connectivity index is 2.29. The zero-order valence-corrected chi connectivity index (χ0v) is 8.54. The van der Waals surface area contributed by atoms with Crippen LogP contribution in [0.4, 0.5) is 0 Å². The Labute approximate surface area is 81.2 Å². The van der Waals surface area contributed by atoms with E-state index in [9.17, 15) is 4.89 Å². The first-order valence-electron chi connectivity index (χ1n) is 3.65. The fourth-order valence-corrected chi connectivity index (χ4v) is 2.58. The predicted octanol–water partition coefficient (Wildman–Crippen LogP) is 0.281. The standard InChI is InChI=1S/C7H10NO3PS/c9-12(10,11)5-6-13-7-1-3-8-4-2-7/h1-4H,5-6H2,(H2,9,10,11). The quantitative estimate of drug-likeness (QED) is 0.562. The van der Waals surface area contributed by atoms with Crippen molar-refractivity contribution in [2.45, 2.75) is 4.90 Å². The highest BCUT2D eigenvalue weighted by atomic mass is 32.2. The van der Waals surface area contributed by atoms with Crippen molar-refractivity contribution in [1.82, 2.24) is 4.98 Å². The highest BCUT2D eigenvalue weighted by Gasteiger charge is 2.16. The van der Waals surface area contributed by atoms with Gasteiger partial charge in [0.15, 0.2) is 0 Å². The average Bonchev–Trinajstić information content (AvgIpc) is 2.04. The van der Waals surface area contributed by atoms with E-state index < -0.39 is 7.94 Å². The van der Waals surface area contributed by atoms with Crippen LogP contribution in [0.1, 0.15) is 0 Å². The molecule has 0 saturated heterocycles. The maximum Gasteiger partial charge on any atom is 0.231 e. The molecule has 0 aliphatic carbocycles. The van der Waals surface area contributed by atoms with Crippen LogP contribution in [-0.4, -0.2) is 26.7 Å². The van der Waals surface area contributed by atoms with Crippen molar-refractivity contribution in [3.8, 4) is 0 Å². The Kier molecular flexibility index (Phi) is 4.09.